The van der Waals surface area contributed by atoms with Crippen LogP contribution in [0, 0.1) is 0 Å². The van der Waals surface area contributed by atoms with E-state index in [4.69, 9.17) is 9.47 Å². The minimum absolute atomic E-state index is 0.100. The molecule has 0 atom stereocenters. The molecule has 1 aliphatic heterocycles. The molecule has 2 heterocycles. The third-order valence-electron chi connectivity index (χ3n) is 4.54. The first-order valence-electron chi connectivity index (χ1n) is 8.91. The van der Waals surface area contributed by atoms with E-state index in [1.165, 1.54) is 11.1 Å². The Morgan fingerprint density at radius 3 is 2.44 bits per heavy atom. The molecule has 0 saturated carbocycles. The highest BCUT2D eigenvalue weighted by Gasteiger charge is 2.20. The molecule has 0 spiro atoms. The number of pyridine rings is 1. The van der Waals surface area contributed by atoms with Gasteiger partial charge in [0, 0.05) is 13.1 Å². The zero-order chi connectivity index (χ0) is 19.4. The third kappa shape index (κ3) is 4.44. The summed E-state index contributed by atoms with van der Waals surface area (Å²) in [6.07, 6.45) is 3.01. The second kappa shape index (κ2) is 8.04. The van der Waals surface area contributed by atoms with Gasteiger partial charge in [-0.15, -0.1) is 0 Å². The number of ether oxygens (including phenoxy) is 2. The molecular formula is C19H25N3O4S. The minimum Gasteiger partial charge on any atom is -0.493 e. The molecule has 1 aliphatic rings. The standard InChI is InChI=1S/C19H25N3O4S/c1-4-9-27(23,24)21-16-5-6-19(20-12-16)22-8-7-14-10-17(25-2)18(26-3)11-15(14)13-22/h5-6,10-12,21H,4,7-9,13H2,1-3H3. The molecule has 1 aromatic carbocycles. The lowest BCUT2D eigenvalue weighted by Crippen LogP contribution is -2.31. The Balaban J connectivity index is 1.75. The second-order valence-electron chi connectivity index (χ2n) is 6.47. The molecule has 146 valence electrons. The Kier molecular flexibility index (Phi) is 5.74. The largest absolute Gasteiger partial charge is 0.493 e. The zero-order valence-electron chi connectivity index (χ0n) is 15.9. The van der Waals surface area contributed by atoms with Crippen molar-refractivity contribution in [3.8, 4) is 11.5 Å². The van der Waals surface area contributed by atoms with Gasteiger partial charge < -0.3 is 14.4 Å². The number of aromatic nitrogens is 1. The highest BCUT2D eigenvalue weighted by Crippen LogP contribution is 2.34. The van der Waals surface area contributed by atoms with E-state index in [-0.39, 0.29) is 5.75 Å². The van der Waals surface area contributed by atoms with E-state index in [2.05, 4.69) is 14.6 Å². The monoisotopic (exact) mass is 391 g/mol. The molecule has 3 rings (SSSR count). The molecule has 1 N–H and O–H groups in total. The Hall–Kier alpha value is -2.48. The topological polar surface area (TPSA) is 80.8 Å². The van der Waals surface area contributed by atoms with Crippen LogP contribution in [0.3, 0.4) is 0 Å². The van der Waals surface area contributed by atoms with E-state index >= 15 is 0 Å². The number of hydrogen-bond acceptors (Lipinski definition) is 6. The van der Waals surface area contributed by atoms with Gasteiger partial charge in [-0.1, -0.05) is 6.92 Å². The van der Waals surface area contributed by atoms with Crippen LogP contribution >= 0.6 is 0 Å². The van der Waals surface area contributed by atoms with Crippen molar-refractivity contribution < 1.29 is 17.9 Å². The van der Waals surface area contributed by atoms with Gasteiger partial charge >= 0.3 is 0 Å². The number of fused-ring (bicyclic) bond motifs is 1. The molecule has 27 heavy (non-hydrogen) atoms. The summed E-state index contributed by atoms with van der Waals surface area (Å²) < 4.78 is 37.1. The smallest absolute Gasteiger partial charge is 0.232 e. The fourth-order valence-electron chi connectivity index (χ4n) is 3.21. The Bertz CT molecular complexity index is 898. The van der Waals surface area contributed by atoms with Crippen molar-refractivity contribution >= 4 is 21.5 Å². The van der Waals surface area contributed by atoms with Gasteiger partial charge in [-0.05, 0) is 48.2 Å². The fourth-order valence-corrected chi connectivity index (χ4v) is 4.33. The van der Waals surface area contributed by atoms with Crippen molar-refractivity contribution in [2.75, 3.05) is 36.1 Å². The van der Waals surface area contributed by atoms with E-state index in [1.54, 1.807) is 26.5 Å². The van der Waals surface area contributed by atoms with Gasteiger partial charge in [0.15, 0.2) is 11.5 Å². The lowest BCUT2D eigenvalue weighted by molar-refractivity contribution is 0.353. The molecule has 0 saturated heterocycles. The minimum atomic E-state index is -3.31. The highest BCUT2D eigenvalue weighted by atomic mass is 32.2. The highest BCUT2D eigenvalue weighted by molar-refractivity contribution is 7.92. The molecule has 8 heteroatoms. The number of rotatable bonds is 7. The summed E-state index contributed by atoms with van der Waals surface area (Å²) in [6.45, 7) is 3.37. The van der Waals surface area contributed by atoms with E-state index in [0.717, 1.165) is 24.5 Å². The predicted octanol–water partition coefficient (Wildman–Crippen LogP) is 2.81. The molecule has 0 fully saturated rings. The number of sulfonamides is 1. The molecule has 0 radical (unpaired) electrons. The SMILES string of the molecule is CCCS(=O)(=O)Nc1ccc(N2CCc3cc(OC)c(OC)cc3C2)nc1. The summed E-state index contributed by atoms with van der Waals surface area (Å²) in [5.74, 6) is 2.37. The van der Waals surface area contributed by atoms with Gasteiger partial charge in [0.25, 0.3) is 0 Å². The maximum Gasteiger partial charge on any atom is 0.232 e. The fraction of sp³-hybridized carbons (Fsp3) is 0.421. The van der Waals surface area contributed by atoms with Crippen LogP contribution in [0.2, 0.25) is 0 Å². The molecule has 0 unspecified atom stereocenters. The van der Waals surface area contributed by atoms with Crippen molar-refractivity contribution in [2.24, 2.45) is 0 Å². The van der Waals surface area contributed by atoms with E-state index in [1.807, 2.05) is 25.1 Å². The van der Waals surface area contributed by atoms with Gasteiger partial charge in [-0.25, -0.2) is 13.4 Å². The van der Waals surface area contributed by atoms with Crippen LogP contribution in [0.5, 0.6) is 11.5 Å². The van der Waals surface area contributed by atoms with Gasteiger partial charge in [-0.3, -0.25) is 4.72 Å². The second-order valence-corrected chi connectivity index (χ2v) is 8.32. The lowest BCUT2D eigenvalue weighted by atomic mass is 9.99. The maximum atomic E-state index is 11.9. The number of anilines is 2. The number of nitrogens with one attached hydrogen (secondary N) is 1. The quantitative estimate of drug-likeness (QED) is 0.782. The summed E-state index contributed by atoms with van der Waals surface area (Å²) in [5.41, 5.74) is 2.90. The maximum absolute atomic E-state index is 11.9. The first-order chi connectivity index (χ1) is 13.0. The third-order valence-corrected chi connectivity index (χ3v) is 6.03. The summed E-state index contributed by atoms with van der Waals surface area (Å²) in [4.78, 5) is 6.60. The number of nitrogens with zero attached hydrogens (tertiary/aromatic N) is 2. The lowest BCUT2D eigenvalue weighted by Gasteiger charge is -2.30. The first-order valence-corrected chi connectivity index (χ1v) is 10.6. The zero-order valence-corrected chi connectivity index (χ0v) is 16.7. The van der Waals surface area contributed by atoms with Crippen molar-refractivity contribution in [3.05, 3.63) is 41.6 Å². The molecule has 0 aliphatic carbocycles. The molecule has 1 aromatic heterocycles. The van der Waals surface area contributed by atoms with E-state index < -0.39 is 10.0 Å². The average molecular weight is 391 g/mol. The summed E-state index contributed by atoms with van der Waals surface area (Å²) in [5, 5.41) is 0. The van der Waals surface area contributed by atoms with E-state index in [0.29, 0.717) is 24.4 Å². The van der Waals surface area contributed by atoms with Crippen molar-refractivity contribution in [1.29, 1.82) is 0 Å². The van der Waals surface area contributed by atoms with Crippen LogP contribution in [-0.2, 0) is 23.0 Å². The molecule has 2 aromatic rings. The predicted molar refractivity (Wildman–Crippen MR) is 106 cm³/mol. The first kappa shape index (κ1) is 19.3. The van der Waals surface area contributed by atoms with Crippen molar-refractivity contribution in [3.63, 3.8) is 0 Å². The Morgan fingerprint density at radius 1 is 1.15 bits per heavy atom. The van der Waals surface area contributed by atoms with Crippen LogP contribution in [0.4, 0.5) is 11.5 Å². The van der Waals surface area contributed by atoms with Gasteiger partial charge in [0.05, 0.1) is 31.9 Å². The molecule has 0 amide bonds. The van der Waals surface area contributed by atoms with Crippen LogP contribution in [0.1, 0.15) is 24.5 Å². The van der Waals surface area contributed by atoms with Crippen LogP contribution in [-0.4, -0.2) is 39.9 Å². The van der Waals surface area contributed by atoms with Crippen molar-refractivity contribution in [2.45, 2.75) is 26.3 Å². The van der Waals surface area contributed by atoms with Gasteiger partial charge in [0.2, 0.25) is 10.0 Å². The molecular weight excluding hydrogens is 366 g/mol. The van der Waals surface area contributed by atoms with E-state index in [9.17, 15) is 8.42 Å². The summed E-state index contributed by atoms with van der Waals surface area (Å²) in [6, 6.07) is 7.63. The molecule has 0 bridgehead atoms. The summed E-state index contributed by atoms with van der Waals surface area (Å²) in [7, 11) is -0.0379. The van der Waals surface area contributed by atoms with Crippen LogP contribution in [0.15, 0.2) is 30.5 Å². The molecule has 7 nitrogen and oxygen atoms in total. The Labute approximate surface area is 160 Å². The number of methoxy groups -OCH3 is 2. The van der Waals surface area contributed by atoms with Gasteiger partial charge in [-0.2, -0.15) is 0 Å². The van der Waals surface area contributed by atoms with Gasteiger partial charge in [0.1, 0.15) is 5.82 Å². The Morgan fingerprint density at radius 2 is 1.85 bits per heavy atom. The van der Waals surface area contributed by atoms with Crippen LogP contribution < -0.4 is 19.1 Å². The summed E-state index contributed by atoms with van der Waals surface area (Å²) >= 11 is 0. The van der Waals surface area contributed by atoms with Crippen LogP contribution in [0.25, 0.3) is 0 Å². The number of benzene rings is 1. The average Bonchev–Trinajstić information content (AvgIpc) is 2.66. The van der Waals surface area contributed by atoms with Crippen molar-refractivity contribution in [1.82, 2.24) is 4.98 Å². The normalized spacial score (nSPS) is 13.8. The number of hydrogen-bond donors (Lipinski definition) is 1.